The van der Waals surface area contributed by atoms with Crippen LogP contribution in [0, 0.1) is 30.0 Å². The maximum Gasteiger partial charge on any atom is 0.282 e. The summed E-state index contributed by atoms with van der Waals surface area (Å²) in [6.07, 6.45) is 10.6. The van der Waals surface area contributed by atoms with Gasteiger partial charge in [0.15, 0.2) is 0 Å². The minimum Gasteiger partial charge on any atom is -0.379 e. The molecule has 1 aliphatic carbocycles. The highest BCUT2D eigenvalue weighted by atomic mass is 32.2. The number of hydrogen-bond acceptors (Lipinski definition) is 5. The van der Waals surface area contributed by atoms with Crippen molar-refractivity contribution in [1.82, 2.24) is 8.61 Å². The SMILES string of the molecule is Cc1cc(Nc2ccc(F)cc2)c(C=N)cc1[C@@H]1CN(S(=O)(=O)N2CCOCC2)CCCCC1CC1CCCC1. The van der Waals surface area contributed by atoms with E-state index < -0.39 is 10.2 Å². The lowest BCUT2D eigenvalue weighted by atomic mass is 9.75. The van der Waals surface area contributed by atoms with E-state index in [2.05, 4.69) is 24.4 Å². The van der Waals surface area contributed by atoms with Crippen LogP contribution < -0.4 is 5.32 Å². The summed E-state index contributed by atoms with van der Waals surface area (Å²) in [6, 6.07) is 10.4. The van der Waals surface area contributed by atoms with E-state index in [0.29, 0.717) is 51.2 Å². The van der Waals surface area contributed by atoms with Crippen molar-refractivity contribution in [1.29, 1.82) is 5.41 Å². The molecule has 0 bridgehead atoms. The Bertz CT molecular complexity index is 1260. The third-order valence-electron chi connectivity index (χ3n) is 9.05. The highest BCUT2D eigenvalue weighted by Gasteiger charge is 2.37. The molecular weight excluding hydrogens is 527 g/mol. The minimum absolute atomic E-state index is 0.0512. The van der Waals surface area contributed by atoms with Crippen LogP contribution in [-0.4, -0.2) is 62.6 Å². The molecule has 3 aliphatic rings. The monoisotopic (exact) mass is 570 g/mol. The largest absolute Gasteiger partial charge is 0.379 e. The van der Waals surface area contributed by atoms with Crippen molar-refractivity contribution in [2.45, 2.75) is 64.2 Å². The first kappa shape index (κ1) is 29.2. The van der Waals surface area contributed by atoms with Crippen LogP contribution >= 0.6 is 0 Å². The number of benzene rings is 2. The fourth-order valence-corrected chi connectivity index (χ4v) is 8.52. The molecule has 40 heavy (non-hydrogen) atoms. The van der Waals surface area contributed by atoms with Gasteiger partial charge in [0, 0.05) is 55.2 Å². The molecule has 0 spiro atoms. The van der Waals surface area contributed by atoms with Crippen molar-refractivity contribution in [2.24, 2.45) is 11.8 Å². The van der Waals surface area contributed by atoms with Crippen LogP contribution in [0.5, 0.6) is 0 Å². The third-order valence-corrected chi connectivity index (χ3v) is 11.1. The zero-order valence-corrected chi connectivity index (χ0v) is 24.4. The fraction of sp³-hybridized carbons (Fsp3) is 0.581. The van der Waals surface area contributed by atoms with Crippen molar-refractivity contribution in [2.75, 3.05) is 44.7 Å². The van der Waals surface area contributed by atoms with Crippen molar-refractivity contribution < 1.29 is 17.5 Å². The first-order chi connectivity index (χ1) is 19.3. The van der Waals surface area contributed by atoms with Crippen molar-refractivity contribution in [3.63, 3.8) is 0 Å². The number of aryl methyl sites for hydroxylation is 1. The second kappa shape index (κ2) is 13.1. The van der Waals surface area contributed by atoms with Crippen LogP contribution in [0.3, 0.4) is 0 Å². The van der Waals surface area contributed by atoms with Crippen molar-refractivity contribution >= 4 is 27.8 Å². The molecule has 2 atom stereocenters. The molecule has 3 fully saturated rings. The predicted molar refractivity (Wildman–Crippen MR) is 158 cm³/mol. The third kappa shape index (κ3) is 6.75. The van der Waals surface area contributed by atoms with E-state index >= 15 is 0 Å². The number of rotatable bonds is 8. The number of hydrogen-bond donors (Lipinski definition) is 2. The van der Waals surface area contributed by atoms with Gasteiger partial charge in [-0.25, -0.2) is 4.39 Å². The Kier molecular flexibility index (Phi) is 9.56. The molecule has 2 aromatic carbocycles. The quantitative estimate of drug-likeness (QED) is 0.369. The molecule has 0 aromatic heterocycles. The fourth-order valence-electron chi connectivity index (χ4n) is 6.87. The van der Waals surface area contributed by atoms with E-state index in [4.69, 9.17) is 10.1 Å². The summed E-state index contributed by atoms with van der Waals surface area (Å²) in [6.45, 7) is 4.75. The second-order valence-electron chi connectivity index (χ2n) is 11.7. The first-order valence-corrected chi connectivity index (χ1v) is 16.3. The minimum atomic E-state index is -3.60. The van der Waals surface area contributed by atoms with E-state index in [1.807, 2.05) is 0 Å². The van der Waals surface area contributed by atoms with Gasteiger partial charge in [0.1, 0.15) is 5.82 Å². The molecule has 9 heteroatoms. The van der Waals surface area contributed by atoms with Gasteiger partial charge >= 0.3 is 0 Å². The van der Waals surface area contributed by atoms with Gasteiger partial charge < -0.3 is 15.5 Å². The Balaban J connectivity index is 1.49. The summed E-state index contributed by atoms with van der Waals surface area (Å²) in [5.41, 5.74) is 4.51. The van der Waals surface area contributed by atoms with Crippen LogP contribution in [0.2, 0.25) is 0 Å². The summed E-state index contributed by atoms with van der Waals surface area (Å²) in [4.78, 5) is 0. The molecule has 2 heterocycles. The predicted octanol–water partition coefficient (Wildman–Crippen LogP) is 6.22. The Hall–Kier alpha value is -2.33. The molecule has 218 valence electrons. The number of ether oxygens (including phenoxy) is 1. The highest BCUT2D eigenvalue weighted by molar-refractivity contribution is 7.86. The number of halogens is 1. The van der Waals surface area contributed by atoms with Crippen molar-refractivity contribution in [3.05, 3.63) is 58.9 Å². The van der Waals surface area contributed by atoms with Gasteiger partial charge in [-0.2, -0.15) is 17.0 Å². The molecule has 2 aliphatic heterocycles. The van der Waals surface area contributed by atoms with Crippen LogP contribution in [-0.2, 0) is 14.9 Å². The van der Waals surface area contributed by atoms with Crippen LogP contribution in [0.15, 0.2) is 36.4 Å². The van der Waals surface area contributed by atoms with Gasteiger partial charge in [-0.15, -0.1) is 0 Å². The Labute approximate surface area is 238 Å². The average molecular weight is 571 g/mol. The average Bonchev–Trinajstić information content (AvgIpc) is 3.46. The molecule has 7 nitrogen and oxygen atoms in total. The maximum atomic E-state index is 13.8. The molecular formula is C31H43FN4O3S. The highest BCUT2D eigenvalue weighted by Crippen LogP contribution is 2.42. The molecule has 0 amide bonds. The molecule has 0 radical (unpaired) electrons. The smallest absolute Gasteiger partial charge is 0.282 e. The lowest BCUT2D eigenvalue weighted by Gasteiger charge is -2.39. The van der Waals surface area contributed by atoms with E-state index in [0.717, 1.165) is 53.7 Å². The van der Waals surface area contributed by atoms with Gasteiger partial charge in [-0.3, -0.25) is 0 Å². The lowest BCUT2D eigenvalue weighted by Crippen LogP contribution is -2.50. The van der Waals surface area contributed by atoms with E-state index in [9.17, 15) is 12.8 Å². The summed E-state index contributed by atoms with van der Waals surface area (Å²) in [5.74, 6) is 0.853. The topological polar surface area (TPSA) is 85.7 Å². The molecule has 2 saturated heterocycles. The number of nitrogens with zero attached hydrogens (tertiary/aromatic N) is 2. The molecule has 2 N–H and O–H groups in total. The van der Waals surface area contributed by atoms with Crippen molar-refractivity contribution in [3.8, 4) is 0 Å². The Morgan fingerprint density at radius 3 is 2.40 bits per heavy atom. The zero-order chi connectivity index (χ0) is 28.1. The Morgan fingerprint density at radius 1 is 1.00 bits per heavy atom. The van der Waals surface area contributed by atoms with E-state index in [1.54, 1.807) is 20.7 Å². The molecule has 5 rings (SSSR count). The standard InChI is InChI=1S/C31H43FN4O3S/c1-23-18-31(34-28-11-9-27(32)10-12-28)26(21-33)20-29(23)30-22-36(40(37,38)35-14-16-39-17-15-35)13-5-4-8-25(30)19-24-6-2-3-7-24/h9-12,18,20-21,24-25,30,33-34H,2-8,13-17,19,22H2,1H3/t25?,30-/m1/s1. The van der Waals surface area contributed by atoms with E-state index in [1.165, 1.54) is 44.0 Å². The normalized spacial score (nSPS) is 23.9. The summed E-state index contributed by atoms with van der Waals surface area (Å²) < 4.78 is 49.9. The number of anilines is 2. The summed E-state index contributed by atoms with van der Waals surface area (Å²) >= 11 is 0. The summed E-state index contributed by atoms with van der Waals surface area (Å²) in [7, 11) is -3.60. The van der Waals surface area contributed by atoms with Gasteiger partial charge in [0.2, 0.25) is 0 Å². The maximum absolute atomic E-state index is 13.8. The number of morpholine rings is 1. The lowest BCUT2D eigenvalue weighted by molar-refractivity contribution is 0.0695. The second-order valence-corrected chi connectivity index (χ2v) is 13.6. The summed E-state index contributed by atoms with van der Waals surface area (Å²) in [5, 5.41) is 11.5. The van der Waals surface area contributed by atoms with Gasteiger partial charge in [-0.05, 0) is 85.5 Å². The van der Waals surface area contributed by atoms with Crippen LogP contribution in [0.25, 0.3) is 0 Å². The molecule has 1 saturated carbocycles. The molecule has 1 unspecified atom stereocenters. The van der Waals surface area contributed by atoms with Gasteiger partial charge in [0.25, 0.3) is 10.2 Å². The zero-order valence-electron chi connectivity index (χ0n) is 23.6. The first-order valence-electron chi connectivity index (χ1n) is 14.9. The van der Waals surface area contributed by atoms with Gasteiger partial charge in [0.05, 0.1) is 13.2 Å². The van der Waals surface area contributed by atoms with Gasteiger partial charge in [-0.1, -0.05) is 32.1 Å². The number of nitrogens with one attached hydrogen (secondary N) is 2. The molecule has 2 aromatic rings. The van der Waals surface area contributed by atoms with Crippen LogP contribution in [0.4, 0.5) is 15.8 Å². The van der Waals surface area contributed by atoms with Crippen LogP contribution in [0.1, 0.15) is 74.0 Å². The Morgan fingerprint density at radius 2 is 1.70 bits per heavy atom. The van der Waals surface area contributed by atoms with E-state index in [-0.39, 0.29) is 11.7 Å².